The first-order valence-electron chi connectivity index (χ1n) is 9.29. The molecule has 0 aliphatic carbocycles. The van der Waals surface area contributed by atoms with Gasteiger partial charge in [0.1, 0.15) is 11.6 Å². The van der Waals surface area contributed by atoms with Gasteiger partial charge in [-0.3, -0.25) is 0 Å². The highest BCUT2D eigenvalue weighted by Crippen LogP contribution is 2.18. The predicted molar refractivity (Wildman–Crippen MR) is 121 cm³/mol. The zero-order valence-corrected chi connectivity index (χ0v) is 18.4. The third kappa shape index (κ3) is 6.59. The topological polar surface area (TPSA) is 61.8 Å². The number of benzene rings is 1. The molecule has 2 N–H and O–H groups in total. The maximum absolute atomic E-state index is 13.0. The van der Waals surface area contributed by atoms with Gasteiger partial charge in [-0.1, -0.05) is 18.2 Å². The Labute approximate surface area is 182 Å². The summed E-state index contributed by atoms with van der Waals surface area (Å²) in [6, 6.07) is 10.4. The molecule has 1 fully saturated rings. The summed E-state index contributed by atoms with van der Waals surface area (Å²) in [6.45, 7) is 7.05. The number of halogens is 2. The highest BCUT2D eigenvalue weighted by Gasteiger charge is 2.15. The molecule has 1 aromatic heterocycles. The Morgan fingerprint density at radius 2 is 1.93 bits per heavy atom. The average Bonchev–Trinajstić information content (AvgIpc) is 2.72. The molecule has 28 heavy (non-hydrogen) atoms. The van der Waals surface area contributed by atoms with Crippen LogP contribution in [0.3, 0.4) is 0 Å². The number of pyridine rings is 1. The number of morpholine rings is 1. The summed E-state index contributed by atoms with van der Waals surface area (Å²) in [5.41, 5.74) is 2.08. The van der Waals surface area contributed by atoms with Gasteiger partial charge in [-0.25, -0.2) is 14.4 Å². The number of ether oxygens (including phenoxy) is 1. The van der Waals surface area contributed by atoms with E-state index in [-0.39, 0.29) is 29.8 Å². The van der Waals surface area contributed by atoms with E-state index in [1.165, 1.54) is 12.1 Å². The first-order chi connectivity index (χ1) is 13.3. The summed E-state index contributed by atoms with van der Waals surface area (Å²) in [6.07, 6.45) is 1.82. The van der Waals surface area contributed by atoms with Crippen LogP contribution in [0, 0.1) is 5.82 Å². The molecule has 1 saturated heterocycles. The zero-order chi connectivity index (χ0) is 18.9. The van der Waals surface area contributed by atoms with Crippen LogP contribution in [0.1, 0.15) is 18.1 Å². The molecule has 0 radical (unpaired) electrons. The maximum Gasteiger partial charge on any atom is 0.191 e. The van der Waals surface area contributed by atoms with E-state index >= 15 is 0 Å². The molecule has 3 rings (SSSR count). The van der Waals surface area contributed by atoms with Gasteiger partial charge in [-0.05, 0) is 30.7 Å². The van der Waals surface area contributed by atoms with Crippen LogP contribution in [0.15, 0.2) is 47.6 Å². The molecule has 6 nitrogen and oxygen atoms in total. The van der Waals surface area contributed by atoms with E-state index in [1.807, 2.05) is 19.2 Å². The molecule has 1 aliphatic heterocycles. The van der Waals surface area contributed by atoms with E-state index in [9.17, 15) is 4.39 Å². The van der Waals surface area contributed by atoms with Crippen LogP contribution in [0.2, 0.25) is 0 Å². The minimum atomic E-state index is -0.236. The number of nitrogens with one attached hydrogen (secondary N) is 2. The van der Waals surface area contributed by atoms with Crippen LogP contribution in [0.5, 0.6) is 0 Å². The van der Waals surface area contributed by atoms with Crippen molar-refractivity contribution in [3.63, 3.8) is 0 Å². The smallest absolute Gasteiger partial charge is 0.191 e. The monoisotopic (exact) mass is 499 g/mol. The minimum absolute atomic E-state index is 0. The molecule has 0 bridgehead atoms. The number of hydrogen-bond acceptors (Lipinski definition) is 4. The van der Waals surface area contributed by atoms with Crippen LogP contribution in [-0.2, 0) is 17.8 Å². The molecule has 0 unspecified atom stereocenters. The fourth-order valence-electron chi connectivity index (χ4n) is 2.91. The number of guanidine groups is 1. The second-order valence-electron chi connectivity index (χ2n) is 6.26. The van der Waals surface area contributed by atoms with Crippen LogP contribution in [0.4, 0.5) is 10.2 Å². The third-order valence-electron chi connectivity index (χ3n) is 4.30. The number of rotatable bonds is 6. The van der Waals surface area contributed by atoms with Gasteiger partial charge in [0.2, 0.25) is 0 Å². The average molecular weight is 499 g/mol. The lowest BCUT2D eigenvalue weighted by molar-refractivity contribution is 0.122. The molecule has 0 atom stereocenters. The van der Waals surface area contributed by atoms with Crippen molar-refractivity contribution in [1.29, 1.82) is 0 Å². The summed E-state index contributed by atoms with van der Waals surface area (Å²) in [5.74, 6) is 1.47. The molecule has 0 spiro atoms. The molecule has 2 aromatic rings. The lowest BCUT2D eigenvalue weighted by Gasteiger charge is -2.29. The van der Waals surface area contributed by atoms with Gasteiger partial charge in [-0.2, -0.15) is 0 Å². The van der Waals surface area contributed by atoms with Crippen LogP contribution in [-0.4, -0.2) is 43.8 Å². The highest BCUT2D eigenvalue weighted by molar-refractivity contribution is 14.0. The van der Waals surface area contributed by atoms with Gasteiger partial charge in [0.15, 0.2) is 5.96 Å². The van der Waals surface area contributed by atoms with Crippen LogP contribution in [0.25, 0.3) is 0 Å². The molecular weight excluding hydrogens is 472 g/mol. The Morgan fingerprint density at radius 1 is 1.18 bits per heavy atom. The van der Waals surface area contributed by atoms with E-state index in [0.29, 0.717) is 13.1 Å². The van der Waals surface area contributed by atoms with Gasteiger partial charge in [-0.15, -0.1) is 24.0 Å². The largest absolute Gasteiger partial charge is 0.378 e. The molecule has 0 saturated carbocycles. The molecule has 0 amide bonds. The zero-order valence-electron chi connectivity index (χ0n) is 16.0. The molecule has 8 heteroatoms. The van der Waals surface area contributed by atoms with Crippen molar-refractivity contribution in [3.8, 4) is 0 Å². The van der Waals surface area contributed by atoms with Crippen molar-refractivity contribution in [2.75, 3.05) is 37.7 Å². The van der Waals surface area contributed by atoms with Crippen molar-refractivity contribution in [2.45, 2.75) is 20.0 Å². The van der Waals surface area contributed by atoms with Crippen molar-refractivity contribution in [3.05, 3.63) is 59.5 Å². The lowest BCUT2D eigenvalue weighted by atomic mass is 10.2. The van der Waals surface area contributed by atoms with Gasteiger partial charge in [0.25, 0.3) is 0 Å². The quantitative estimate of drug-likeness (QED) is 0.364. The Balaban J connectivity index is 0.00000280. The normalized spacial score (nSPS) is 14.4. The van der Waals surface area contributed by atoms with E-state index < -0.39 is 0 Å². The third-order valence-corrected chi connectivity index (χ3v) is 4.30. The summed E-state index contributed by atoms with van der Waals surface area (Å²) < 4.78 is 18.5. The first-order valence-corrected chi connectivity index (χ1v) is 9.29. The second-order valence-corrected chi connectivity index (χ2v) is 6.26. The van der Waals surface area contributed by atoms with Crippen LogP contribution < -0.4 is 15.5 Å². The van der Waals surface area contributed by atoms with Crippen molar-refractivity contribution >= 4 is 35.8 Å². The first kappa shape index (κ1) is 22.4. The number of hydrogen-bond donors (Lipinski definition) is 2. The van der Waals surface area contributed by atoms with Gasteiger partial charge < -0.3 is 20.3 Å². The summed E-state index contributed by atoms with van der Waals surface area (Å²) in [5, 5.41) is 6.61. The van der Waals surface area contributed by atoms with E-state index in [0.717, 1.165) is 55.8 Å². The predicted octanol–water partition coefficient (Wildman–Crippen LogP) is 2.93. The lowest BCUT2D eigenvalue weighted by Crippen LogP contribution is -2.39. The molecule has 152 valence electrons. The number of aliphatic imine (C=N–C) groups is 1. The van der Waals surface area contributed by atoms with E-state index in [1.54, 1.807) is 12.1 Å². The summed E-state index contributed by atoms with van der Waals surface area (Å²) in [4.78, 5) is 11.4. The summed E-state index contributed by atoms with van der Waals surface area (Å²) >= 11 is 0. The minimum Gasteiger partial charge on any atom is -0.378 e. The Morgan fingerprint density at radius 3 is 2.64 bits per heavy atom. The standard InChI is InChI=1S/C20H26FN5O.HI/c1-2-22-20(24-14-16-5-7-18(21)8-6-16)25-15-17-4-3-9-23-19(17)26-10-12-27-13-11-26;/h3-9H,2,10-15H2,1H3,(H2,22,24,25);1H. The highest BCUT2D eigenvalue weighted by atomic mass is 127. The van der Waals surface area contributed by atoms with Crippen LogP contribution >= 0.6 is 24.0 Å². The molecule has 1 aliphatic rings. The second kappa shape index (κ2) is 11.8. The van der Waals surface area contributed by atoms with Gasteiger partial charge >= 0.3 is 0 Å². The van der Waals surface area contributed by atoms with Crippen molar-refractivity contribution < 1.29 is 9.13 Å². The maximum atomic E-state index is 13.0. The van der Waals surface area contributed by atoms with E-state index in [2.05, 4.69) is 31.6 Å². The Hall–Kier alpha value is -1.94. The SMILES string of the molecule is CCNC(=NCc1ccc(F)cc1)NCc1cccnc1N1CCOCC1.I. The van der Waals surface area contributed by atoms with E-state index in [4.69, 9.17) is 4.74 Å². The Bertz CT molecular complexity index is 751. The Kier molecular flexibility index (Phi) is 9.42. The number of nitrogens with zero attached hydrogens (tertiary/aromatic N) is 3. The van der Waals surface area contributed by atoms with Gasteiger partial charge in [0.05, 0.1) is 19.8 Å². The number of anilines is 1. The number of aromatic nitrogens is 1. The molecule has 2 heterocycles. The molecular formula is C20H27FIN5O. The van der Waals surface area contributed by atoms with Crippen molar-refractivity contribution in [2.24, 2.45) is 4.99 Å². The molecule has 1 aromatic carbocycles. The fourth-order valence-corrected chi connectivity index (χ4v) is 2.91. The summed E-state index contributed by atoms with van der Waals surface area (Å²) in [7, 11) is 0. The fraction of sp³-hybridized carbons (Fsp3) is 0.400. The van der Waals surface area contributed by atoms with Gasteiger partial charge in [0, 0.05) is 37.9 Å². The van der Waals surface area contributed by atoms with Crippen molar-refractivity contribution in [1.82, 2.24) is 15.6 Å².